The molecule has 0 fully saturated rings. The Morgan fingerprint density at radius 2 is 1.89 bits per heavy atom. The Hall–Kier alpha value is -0.393. The predicted octanol–water partition coefficient (Wildman–Crippen LogP) is 2.71. The molecule has 0 saturated heterocycles. The van der Waals surface area contributed by atoms with Crippen molar-refractivity contribution in [3.8, 4) is 0 Å². The largest absolute Gasteiger partial charge is 0.466 e. The number of ether oxygens (including phenoxy) is 1. The summed E-state index contributed by atoms with van der Waals surface area (Å²) in [5.74, 6) is -0.276. The van der Waals surface area contributed by atoms with Crippen molar-refractivity contribution in [3.05, 3.63) is 0 Å². The summed E-state index contributed by atoms with van der Waals surface area (Å²) in [5.41, 5.74) is 0. The maximum Gasteiger partial charge on any atom is 0.302 e. The molecule has 0 unspecified atom stereocenters. The lowest BCUT2D eigenvalue weighted by Gasteiger charge is -2.36. The molecule has 0 aromatic heterocycles. The van der Waals surface area contributed by atoms with Gasteiger partial charge in [-0.1, -0.05) is 20.8 Å². The molecule has 0 aromatic carbocycles. The Morgan fingerprint density at radius 1 is 1.33 bits per heavy atom. The summed E-state index contributed by atoms with van der Waals surface area (Å²) in [5, 5.41) is 9.96. The van der Waals surface area contributed by atoms with Crippen molar-refractivity contribution in [1.29, 1.82) is 0 Å². The van der Waals surface area contributed by atoms with Gasteiger partial charge < -0.3 is 14.3 Å². The highest BCUT2D eigenvalue weighted by molar-refractivity contribution is 6.74. The van der Waals surface area contributed by atoms with E-state index in [1.54, 1.807) is 0 Å². The number of hydrogen-bond donors (Lipinski definition) is 1. The average Bonchev–Trinajstić information content (AvgIpc) is 2.19. The molecule has 0 aliphatic rings. The highest BCUT2D eigenvalue weighted by Gasteiger charge is 2.37. The highest BCUT2D eigenvalue weighted by atomic mass is 28.4. The molecular weight excluding hydrogens is 248 g/mol. The molecule has 0 rings (SSSR count). The van der Waals surface area contributed by atoms with E-state index in [0.29, 0.717) is 26.1 Å². The van der Waals surface area contributed by atoms with Crippen LogP contribution in [-0.2, 0) is 14.0 Å². The molecule has 4 nitrogen and oxygen atoms in total. The third-order valence-electron chi connectivity index (χ3n) is 3.43. The molecule has 108 valence electrons. The summed E-state index contributed by atoms with van der Waals surface area (Å²) in [4.78, 5) is 10.6. The highest BCUT2D eigenvalue weighted by Crippen LogP contribution is 2.36. The van der Waals surface area contributed by atoms with Crippen LogP contribution < -0.4 is 0 Å². The maximum atomic E-state index is 10.6. The fourth-order valence-corrected chi connectivity index (χ4v) is 2.18. The van der Waals surface area contributed by atoms with Crippen LogP contribution in [0.15, 0.2) is 0 Å². The normalized spacial score (nSPS) is 14.4. The lowest BCUT2D eigenvalue weighted by atomic mass is 10.2. The van der Waals surface area contributed by atoms with Crippen molar-refractivity contribution in [3.63, 3.8) is 0 Å². The lowest BCUT2D eigenvalue weighted by Crippen LogP contribution is -2.42. The van der Waals surface area contributed by atoms with Gasteiger partial charge in [-0.25, -0.2) is 0 Å². The lowest BCUT2D eigenvalue weighted by molar-refractivity contribution is -0.141. The third-order valence-corrected chi connectivity index (χ3v) is 7.93. The molecule has 1 atom stereocenters. The second-order valence-electron chi connectivity index (χ2n) is 6.21. The smallest absolute Gasteiger partial charge is 0.302 e. The Balaban J connectivity index is 3.83. The molecular formula is C13H28O4Si. The van der Waals surface area contributed by atoms with E-state index in [-0.39, 0.29) is 11.0 Å². The van der Waals surface area contributed by atoms with E-state index in [9.17, 15) is 9.90 Å². The van der Waals surface area contributed by atoms with Crippen LogP contribution in [0.1, 0.15) is 40.5 Å². The number of aliphatic hydroxyl groups excluding tert-OH is 1. The van der Waals surface area contributed by atoms with Gasteiger partial charge in [-0.3, -0.25) is 4.79 Å². The molecule has 0 heterocycles. The van der Waals surface area contributed by atoms with Crippen LogP contribution in [0.25, 0.3) is 0 Å². The molecule has 18 heavy (non-hydrogen) atoms. The monoisotopic (exact) mass is 276 g/mol. The van der Waals surface area contributed by atoms with E-state index in [1.165, 1.54) is 6.92 Å². The first kappa shape index (κ1) is 17.6. The zero-order valence-electron chi connectivity index (χ0n) is 12.6. The molecule has 5 heteroatoms. The van der Waals surface area contributed by atoms with E-state index in [4.69, 9.17) is 9.16 Å². The molecule has 0 bridgehead atoms. The Kier molecular flexibility index (Phi) is 7.10. The quantitative estimate of drug-likeness (QED) is 0.441. The molecule has 0 aliphatic heterocycles. The van der Waals surface area contributed by atoms with Crippen LogP contribution >= 0.6 is 0 Å². The van der Waals surface area contributed by atoms with Gasteiger partial charge in [0.05, 0.1) is 19.3 Å². The van der Waals surface area contributed by atoms with Crippen molar-refractivity contribution in [2.45, 2.75) is 64.8 Å². The Bertz CT molecular complexity index is 258. The predicted molar refractivity (Wildman–Crippen MR) is 75.0 cm³/mol. The van der Waals surface area contributed by atoms with Gasteiger partial charge in [-0.15, -0.1) is 0 Å². The van der Waals surface area contributed by atoms with Gasteiger partial charge in [0.15, 0.2) is 8.32 Å². The number of hydrogen-bond acceptors (Lipinski definition) is 4. The SMILES string of the molecule is CC(=O)OCCC[C@H](O)CO[Si](C)(C)C(C)(C)C. The van der Waals surface area contributed by atoms with Crippen molar-refractivity contribution in [2.24, 2.45) is 0 Å². The van der Waals surface area contributed by atoms with Crippen LogP contribution in [0.3, 0.4) is 0 Å². The van der Waals surface area contributed by atoms with Crippen LogP contribution in [0.4, 0.5) is 0 Å². The average molecular weight is 276 g/mol. The van der Waals surface area contributed by atoms with E-state index in [1.807, 2.05) is 0 Å². The summed E-state index contributed by atoms with van der Waals surface area (Å²) < 4.78 is 10.7. The van der Waals surface area contributed by atoms with Crippen LogP contribution in [0.2, 0.25) is 18.1 Å². The van der Waals surface area contributed by atoms with E-state index >= 15 is 0 Å². The van der Waals surface area contributed by atoms with Gasteiger partial charge in [0.1, 0.15) is 0 Å². The Morgan fingerprint density at radius 3 is 2.33 bits per heavy atom. The van der Waals surface area contributed by atoms with Crippen molar-refractivity contribution in [1.82, 2.24) is 0 Å². The minimum absolute atomic E-state index is 0.157. The summed E-state index contributed by atoms with van der Waals surface area (Å²) in [6.45, 7) is 13.0. The van der Waals surface area contributed by atoms with Gasteiger partial charge in [0, 0.05) is 6.92 Å². The third kappa shape index (κ3) is 7.13. The fraction of sp³-hybridized carbons (Fsp3) is 0.923. The molecule has 1 N–H and O–H groups in total. The number of carbonyl (C=O) groups is 1. The zero-order chi connectivity index (χ0) is 14.4. The molecule has 0 amide bonds. The van der Waals surface area contributed by atoms with Crippen LogP contribution in [-0.4, -0.2) is 38.7 Å². The van der Waals surface area contributed by atoms with Crippen LogP contribution in [0, 0.1) is 0 Å². The first-order valence-electron chi connectivity index (χ1n) is 6.51. The van der Waals surface area contributed by atoms with E-state index in [2.05, 4.69) is 33.9 Å². The van der Waals surface area contributed by atoms with Gasteiger partial charge in [0.2, 0.25) is 0 Å². The fourth-order valence-electron chi connectivity index (χ4n) is 1.14. The summed E-state index contributed by atoms with van der Waals surface area (Å²) in [6, 6.07) is 0. The maximum absolute atomic E-state index is 10.6. The van der Waals surface area contributed by atoms with Gasteiger partial charge in [-0.05, 0) is 31.0 Å². The van der Waals surface area contributed by atoms with Gasteiger partial charge in [-0.2, -0.15) is 0 Å². The van der Waals surface area contributed by atoms with E-state index in [0.717, 1.165) is 0 Å². The second kappa shape index (κ2) is 7.26. The molecule has 0 aliphatic carbocycles. The Labute approximate surface area is 112 Å². The summed E-state index contributed by atoms with van der Waals surface area (Å²) in [6.07, 6.45) is 0.790. The van der Waals surface area contributed by atoms with Crippen molar-refractivity contribution in [2.75, 3.05) is 13.2 Å². The second-order valence-corrected chi connectivity index (χ2v) is 11.0. The topological polar surface area (TPSA) is 55.8 Å². The minimum atomic E-state index is -1.78. The number of carbonyl (C=O) groups excluding carboxylic acids is 1. The standard InChI is InChI=1S/C13H28O4Si/c1-11(14)16-9-7-8-12(15)10-17-18(5,6)13(2,3)4/h12,15H,7-10H2,1-6H3/t12-/m0/s1. The van der Waals surface area contributed by atoms with Crippen molar-refractivity contribution >= 4 is 14.3 Å². The number of rotatable bonds is 7. The molecule has 0 radical (unpaired) electrons. The molecule has 0 saturated carbocycles. The first-order chi connectivity index (χ1) is 8.06. The first-order valence-corrected chi connectivity index (χ1v) is 9.42. The molecule has 0 spiro atoms. The van der Waals surface area contributed by atoms with E-state index < -0.39 is 14.4 Å². The van der Waals surface area contributed by atoms with Gasteiger partial charge >= 0.3 is 5.97 Å². The van der Waals surface area contributed by atoms with Gasteiger partial charge in [0.25, 0.3) is 0 Å². The number of esters is 1. The summed E-state index contributed by atoms with van der Waals surface area (Å²) in [7, 11) is -1.78. The number of aliphatic hydroxyl groups is 1. The van der Waals surface area contributed by atoms with Crippen LogP contribution in [0.5, 0.6) is 0 Å². The van der Waals surface area contributed by atoms with Crippen molar-refractivity contribution < 1.29 is 19.1 Å². The molecule has 0 aromatic rings. The minimum Gasteiger partial charge on any atom is -0.466 e. The zero-order valence-corrected chi connectivity index (χ0v) is 13.6. The summed E-state index contributed by atoms with van der Waals surface area (Å²) >= 11 is 0.